The number of alkyl halides is 3. The van der Waals surface area contributed by atoms with Crippen LogP contribution in [0, 0.1) is 11.9 Å². The van der Waals surface area contributed by atoms with Crippen LogP contribution in [0.2, 0.25) is 0 Å². The summed E-state index contributed by atoms with van der Waals surface area (Å²) in [6.07, 6.45) is -3.64. The second kappa shape index (κ2) is 7.69. The van der Waals surface area contributed by atoms with Gasteiger partial charge in [-0.15, -0.1) is 0 Å². The summed E-state index contributed by atoms with van der Waals surface area (Å²) in [6, 6.07) is 0. The van der Waals surface area contributed by atoms with E-state index >= 15 is 0 Å². The van der Waals surface area contributed by atoms with Gasteiger partial charge in [-0.25, -0.2) is 0 Å². The first-order chi connectivity index (χ1) is 13.3. The summed E-state index contributed by atoms with van der Waals surface area (Å²) in [5.41, 5.74) is 3.66. The molecule has 1 fully saturated rings. The highest BCUT2D eigenvalue weighted by Crippen LogP contribution is 2.37. The highest BCUT2D eigenvalue weighted by atomic mass is 19.4. The third-order valence-corrected chi connectivity index (χ3v) is 4.87. The van der Waals surface area contributed by atoms with Crippen LogP contribution in [0.1, 0.15) is 39.2 Å². The fraction of sp³-hybridized carbons (Fsp3) is 0.667. The molecule has 3 N–H and O–H groups in total. The van der Waals surface area contributed by atoms with E-state index in [1.165, 1.54) is 4.57 Å². The van der Waals surface area contributed by atoms with Crippen LogP contribution in [-0.2, 0) is 17.5 Å². The number of anilines is 1. The minimum absolute atomic E-state index is 0.0315. The molecule has 1 saturated heterocycles. The van der Waals surface area contributed by atoms with Crippen molar-refractivity contribution in [2.75, 3.05) is 18.8 Å². The van der Waals surface area contributed by atoms with Crippen molar-refractivity contribution in [2.24, 2.45) is 5.92 Å². The predicted octanol–water partition coefficient (Wildman–Crippen LogP) is 2.97. The van der Waals surface area contributed by atoms with Gasteiger partial charge >= 0.3 is 6.18 Å². The van der Waals surface area contributed by atoms with E-state index < -0.39 is 41.0 Å². The number of hydrogen-bond donors (Lipinski definition) is 2. The van der Waals surface area contributed by atoms with Crippen LogP contribution in [0.4, 0.5) is 23.5 Å². The molecule has 162 valence electrons. The zero-order valence-corrected chi connectivity index (χ0v) is 16.5. The van der Waals surface area contributed by atoms with Gasteiger partial charge in [0.05, 0.1) is 16.6 Å². The minimum Gasteiger partial charge on any atom is -0.368 e. The van der Waals surface area contributed by atoms with Crippen LogP contribution in [0.25, 0.3) is 11.0 Å². The highest BCUT2D eigenvalue weighted by Gasteiger charge is 2.37. The average molecular weight is 419 g/mol. The Bertz CT molecular complexity index is 870. The first-order valence-electron chi connectivity index (χ1n) is 9.34. The first-order valence-corrected chi connectivity index (χ1v) is 9.34. The first kappa shape index (κ1) is 21.7. The van der Waals surface area contributed by atoms with E-state index in [9.17, 15) is 22.7 Å². The quantitative estimate of drug-likeness (QED) is 0.450. The van der Waals surface area contributed by atoms with Gasteiger partial charge in [0.1, 0.15) is 5.65 Å². The summed E-state index contributed by atoms with van der Waals surface area (Å²) in [4.78, 5) is 8.85. The van der Waals surface area contributed by atoms with Crippen molar-refractivity contribution in [1.29, 1.82) is 0 Å². The minimum atomic E-state index is -4.73. The number of piperidine rings is 1. The van der Waals surface area contributed by atoms with Crippen molar-refractivity contribution in [2.45, 2.75) is 58.3 Å². The Morgan fingerprint density at radius 1 is 1.24 bits per heavy atom. The molecular formula is C18H25F4N5O2. The van der Waals surface area contributed by atoms with Crippen LogP contribution in [0.3, 0.4) is 0 Å². The number of aliphatic hydroxyl groups excluding tert-OH is 1. The Morgan fingerprint density at radius 2 is 1.86 bits per heavy atom. The number of ether oxygens (including phenoxy) is 1. The summed E-state index contributed by atoms with van der Waals surface area (Å²) < 4.78 is 61.0. The lowest BCUT2D eigenvalue weighted by atomic mass is 9.97. The molecule has 1 aliphatic rings. The van der Waals surface area contributed by atoms with Crippen LogP contribution in [-0.4, -0.2) is 49.6 Å². The second-order valence-electron chi connectivity index (χ2n) is 8.30. The molecule has 0 spiro atoms. The molecule has 1 unspecified atom stereocenters. The summed E-state index contributed by atoms with van der Waals surface area (Å²) in [5.74, 6) is -1.67. The maximum absolute atomic E-state index is 14.1. The third-order valence-electron chi connectivity index (χ3n) is 4.87. The largest absolute Gasteiger partial charge is 0.418 e. The van der Waals surface area contributed by atoms with E-state index in [0.29, 0.717) is 25.9 Å². The van der Waals surface area contributed by atoms with Gasteiger partial charge < -0.3 is 20.1 Å². The van der Waals surface area contributed by atoms with E-state index in [2.05, 4.69) is 9.97 Å². The van der Waals surface area contributed by atoms with Crippen molar-refractivity contribution in [3.63, 3.8) is 0 Å². The summed E-state index contributed by atoms with van der Waals surface area (Å²) in [7, 11) is 0. The maximum atomic E-state index is 14.1. The van der Waals surface area contributed by atoms with Gasteiger partial charge in [0.15, 0.2) is 0 Å². The van der Waals surface area contributed by atoms with Crippen molar-refractivity contribution >= 4 is 17.0 Å². The number of nitrogen functional groups attached to an aromatic ring is 1. The number of hydrogen-bond acceptors (Lipinski definition) is 6. The molecular weight excluding hydrogens is 394 g/mol. The molecule has 2 aromatic heterocycles. The smallest absolute Gasteiger partial charge is 0.368 e. The Labute approximate surface area is 165 Å². The Morgan fingerprint density at radius 3 is 2.41 bits per heavy atom. The van der Waals surface area contributed by atoms with Crippen molar-refractivity contribution in [3.8, 4) is 0 Å². The topological polar surface area (TPSA) is 89.4 Å². The fourth-order valence-electron chi connectivity index (χ4n) is 3.54. The Kier molecular flexibility index (Phi) is 5.76. The van der Waals surface area contributed by atoms with Gasteiger partial charge in [-0.2, -0.15) is 27.5 Å². The van der Waals surface area contributed by atoms with Crippen molar-refractivity contribution < 1.29 is 27.4 Å². The number of likely N-dealkylation sites (tertiary alicyclic amines) is 1. The van der Waals surface area contributed by atoms with Crippen molar-refractivity contribution in [3.05, 3.63) is 17.7 Å². The van der Waals surface area contributed by atoms with Crippen LogP contribution in [0.5, 0.6) is 0 Å². The lowest BCUT2D eigenvalue weighted by Crippen LogP contribution is -2.46. The number of nitrogens with zero attached hydrogens (tertiary/aromatic N) is 4. The van der Waals surface area contributed by atoms with E-state index in [1.807, 2.05) is 20.8 Å². The molecule has 29 heavy (non-hydrogen) atoms. The van der Waals surface area contributed by atoms with E-state index in [4.69, 9.17) is 10.5 Å². The van der Waals surface area contributed by atoms with Gasteiger partial charge in [-0.1, -0.05) is 0 Å². The number of halogens is 4. The van der Waals surface area contributed by atoms with Gasteiger partial charge in [0.2, 0.25) is 18.3 Å². The number of nitrogens with two attached hydrogens (primary N) is 1. The zero-order valence-electron chi connectivity index (χ0n) is 16.5. The molecule has 0 saturated carbocycles. The standard InChI is InChI=1S/C18H25F4N5O2/c1-17(2,3)29-16(28)26-6-4-10(5-7-26)8-27-9-11(18(20,21)22)12-13(19)24-15(23)25-14(12)27/h9-10,16,28H,4-8H2,1-3H3,(H2,23,24,25). The number of aliphatic hydroxyl groups is 1. The lowest BCUT2D eigenvalue weighted by Gasteiger charge is -2.37. The van der Waals surface area contributed by atoms with Crippen LogP contribution >= 0.6 is 0 Å². The fourth-order valence-corrected chi connectivity index (χ4v) is 3.54. The average Bonchev–Trinajstić information content (AvgIpc) is 2.93. The van der Waals surface area contributed by atoms with E-state index in [0.717, 1.165) is 6.20 Å². The normalized spacial score (nSPS) is 18.5. The second-order valence-corrected chi connectivity index (χ2v) is 8.30. The zero-order chi connectivity index (χ0) is 21.6. The predicted molar refractivity (Wildman–Crippen MR) is 98.0 cm³/mol. The van der Waals surface area contributed by atoms with Gasteiger partial charge in [0, 0.05) is 25.8 Å². The molecule has 0 bridgehead atoms. The van der Waals surface area contributed by atoms with Crippen LogP contribution in [0.15, 0.2) is 6.20 Å². The van der Waals surface area contributed by atoms with E-state index in [-0.39, 0.29) is 18.1 Å². The molecule has 0 radical (unpaired) electrons. The van der Waals surface area contributed by atoms with E-state index in [1.54, 1.807) is 4.90 Å². The Hall–Kier alpha value is -1.98. The summed E-state index contributed by atoms with van der Waals surface area (Å²) in [6.45, 7) is 6.80. The number of rotatable bonds is 4. The van der Waals surface area contributed by atoms with Gasteiger partial charge in [-0.3, -0.25) is 4.90 Å². The van der Waals surface area contributed by atoms with Crippen molar-refractivity contribution in [1.82, 2.24) is 19.4 Å². The summed E-state index contributed by atoms with van der Waals surface area (Å²) in [5, 5.41) is 9.51. The molecule has 1 atom stereocenters. The molecule has 0 aliphatic carbocycles. The summed E-state index contributed by atoms with van der Waals surface area (Å²) >= 11 is 0. The highest BCUT2D eigenvalue weighted by molar-refractivity contribution is 5.81. The SMILES string of the molecule is CC(C)(C)OC(O)N1CCC(Cn2cc(C(F)(F)F)c3c(F)nc(N)nc32)CC1. The third kappa shape index (κ3) is 4.96. The lowest BCUT2D eigenvalue weighted by molar-refractivity contribution is -0.243. The molecule has 3 rings (SSSR count). The molecule has 0 amide bonds. The molecule has 1 aliphatic heterocycles. The molecule has 7 nitrogen and oxygen atoms in total. The van der Waals surface area contributed by atoms with Gasteiger partial charge in [0.25, 0.3) is 0 Å². The number of aromatic nitrogens is 3. The van der Waals surface area contributed by atoms with Gasteiger partial charge in [-0.05, 0) is 39.5 Å². The molecule has 2 aromatic rings. The monoisotopic (exact) mass is 419 g/mol. The maximum Gasteiger partial charge on any atom is 0.418 e. The molecule has 0 aromatic carbocycles. The molecule has 3 heterocycles. The number of fused-ring (bicyclic) bond motifs is 1. The van der Waals surface area contributed by atoms with Crippen LogP contribution < -0.4 is 5.73 Å². The Balaban J connectivity index is 1.77. The molecule has 11 heteroatoms.